The molecule has 2 atom stereocenters. The van der Waals surface area contributed by atoms with Crippen LogP contribution >= 0.6 is 0 Å². The molecule has 0 aliphatic carbocycles. The van der Waals surface area contributed by atoms with E-state index in [2.05, 4.69) is 10.7 Å². The molecule has 2 aromatic carbocycles. The highest BCUT2D eigenvalue weighted by molar-refractivity contribution is 6.03. The molecule has 3 rings (SSSR count). The maximum atomic E-state index is 13.2. The summed E-state index contributed by atoms with van der Waals surface area (Å²) in [7, 11) is 0. The topological polar surface area (TPSA) is 128 Å². The van der Waals surface area contributed by atoms with Crippen LogP contribution in [0, 0.1) is 17.8 Å². The number of urea groups is 1. The fourth-order valence-corrected chi connectivity index (χ4v) is 4.03. The second kappa shape index (κ2) is 10.7. The lowest BCUT2D eigenvalue weighted by Crippen LogP contribution is -2.51. The van der Waals surface area contributed by atoms with Crippen molar-refractivity contribution < 1.29 is 24.4 Å². The molecule has 1 aliphatic heterocycles. The summed E-state index contributed by atoms with van der Waals surface area (Å²) in [4.78, 5) is 49.7. The average Bonchev–Trinajstić information content (AvgIpc) is 3.13. The lowest BCUT2D eigenvalue weighted by molar-refractivity contribution is -0.144. The Bertz CT molecular complexity index is 1010. The number of benzene rings is 2. The van der Waals surface area contributed by atoms with E-state index in [1.54, 1.807) is 5.48 Å². The molecule has 0 bridgehead atoms. The summed E-state index contributed by atoms with van der Waals surface area (Å²) in [6.07, 6.45) is 0.476. The van der Waals surface area contributed by atoms with Gasteiger partial charge in [0.2, 0.25) is 11.8 Å². The fraction of sp³-hybridized carbons (Fsp3) is 0.333. The van der Waals surface area contributed by atoms with Crippen molar-refractivity contribution in [2.45, 2.75) is 26.7 Å². The van der Waals surface area contributed by atoms with E-state index < -0.39 is 35.6 Å². The SMILES string of the molecule is CC(C)C[C@@H](C(=O)NN1C(=O)CNC1=O)[C@H](Cc1ccccc1-c1ccccc1)C(=O)NO. The van der Waals surface area contributed by atoms with Gasteiger partial charge in [-0.2, -0.15) is 5.01 Å². The van der Waals surface area contributed by atoms with Crippen molar-refractivity contribution in [3.63, 3.8) is 0 Å². The van der Waals surface area contributed by atoms with Crippen LogP contribution in [0.25, 0.3) is 11.1 Å². The van der Waals surface area contributed by atoms with E-state index in [1.807, 2.05) is 68.4 Å². The van der Waals surface area contributed by atoms with Crippen molar-refractivity contribution in [1.82, 2.24) is 21.2 Å². The van der Waals surface area contributed by atoms with Gasteiger partial charge in [0.05, 0.1) is 11.8 Å². The van der Waals surface area contributed by atoms with E-state index in [4.69, 9.17) is 0 Å². The van der Waals surface area contributed by atoms with Crippen LogP contribution in [0.15, 0.2) is 54.6 Å². The van der Waals surface area contributed by atoms with Gasteiger partial charge in [0, 0.05) is 0 Å². The van der Waals surface area contributed by atoms with Crippen LogP contribution in [0.3, 0.4) is 0 Å². The minimum atomic E-state index is -0.942. The van der Waals surface area contributed by atoms with Crippen molar-refractivity contribution in [2.75, 3.05) is 6.54 Å². The first kappa shape index (κ1) is 23.9. The second-order valence-electron chi connectivity index (χ2n) is 8.41. The third-order valence-electron chi connectivity index (χ3n) is 5.60. The number of hydrogen-bond acceptors (Lipinski definition) is 5. The molecule has 0 aromatic heterocycles. The lowest BCUT2D eigenvalue weighted by atomic mass is 9.79. The van der Waals surface area contributed by atoms with Crippen LogP contribution in [-0.4, -0.2) is 40.5 Å². The van der Waals surface area contributed by atoms with E-state index in [9.17, 15) is 24.4 Å². The van der Waals surface area contributed by atoms with Crippen LogP contribution in [-0.2, 0) is 20.8 Å². The maximum Gasteiger partial charge on any atom is 0.343 e. The molecule has 33 heavy (non-hydrogen) atoms. The molecule has 9 nitrogen and oxygen atoms in total. The molecule has 0 unspecified atom stereocenters. The zero-order valence-electron chi connectivity index (χ0n) is 18.6. The van der Waals surface area contributed by atoms with Crippen molar-refractivity contribution in [3.8, 4) is 11.1 Å². The molecule has 174 valence electrons. The molecule has 5 amide bonds. The quantitative estimate of drug-likeness (QED) is 0.264. The molecule has 1 aliphatic rings. The zero-order chi connectivity index (χ0) is 24.0. The molecule has 0 spiro atoms. The zero-order valence-corrected chi connectivity index (χ0v) is 18.6. The molecule has 0 radical (unpaired) electrons. The Morgan fingerprint density at radius 1 is 1.00 bits per heavy atom. The Hall–Kier alpha value is -3.72. The number of nitrogens with zero attached hydrogens (tertiary/aromatic N) is 1. The number of hydrazine groups is 1. The Morgan fingerprint density at radius 2 is 1.67 bits per heavy atom. The highest BCUT2D eigenvalue weighted by atomic mass is 16.5. The van der Waals surface area contributed by atoms with Crippen LogP contribution in [0.5, 0.6) is 0 Å². The maximum absolute atomic E-state index is 13.2. The predicted molar refractivity (Wildman–Crippen MR) is 120 cm³/mol. The average molecular weight is 453 g/mol. The smallest absolute Gasteiger partial charge is 0.327 e. The van der Waals surface area contributed by atoms with Gasteiger partial charge in [-0.05, 0) is 35.4 Å². The van der Waals surface area contributed by atoms with Crippen molar-refractivity contribution in [3.05, 3.63) is 60.2 Å². The molecular weight excluding hydrogens is 424 g/mol. The molecular formula is C24H28N4O5. The largest absolute Gasteiger partial charge is 0.343 e. The molecule has 1 saturated heterocycles. The summed E-state index contributed by atoms with van der Waals surface area (Å²) >= 11 is 0. The summed E-state index contributed by atoms with van der Waals surface area (Å²) in [6.45, 7) is 3.60. The van der Waals surface area contributed by atoms with Gasteiger partial charge in [0.15, 0.2) is 0 Å². The molecule has 2 aromatic rings. The molecule has 9 heteroatoms. The van der Waals surface area contributed by atoms with Gasteiger partial charge in [-0.1, -0.05) is 68.4 Å². The van der Waals surface area contributed by atoms with E-state index >= 15 is 0 Å². The van der Waals surface area contributed by atoms with E-state index in [0.29, 0.717) is 11.4 Å². The van der Waals surface area contributed by atoms with Crippen LogP contribution in [0.2, 0.25) is 0 Å². The highest BCUT2D eigenvalue weighted by Crippen LogP contribution is 2.30. The van der Waals surface area contributed by atoms with Crippen LogP contribution in [0.4, 0.5) is 4.79 Å². The van der Waals surface area contributed by atoms with Gasteiger partial charge in [-0.15, -0.1) is 0 Å². The second-order valence-corrected chi connectivity index (χ2v) is 8.41. The van der Waals surface area contributed by atoms with Gasteiger partial charge in [0.25, 0.3) is 5.91 Å². The fourth-order valence-electron chi connectivity index (χ4n) is 4.03. The number of carbonyl (C=O) groups excluding carboxylic acids is 4. The van der Waals surface area contributed by atoms with E-state index in [1.165, 1.54) is 0 Å². The third-order valence-corrected chi connectivity index (χ3v) is 5.60. The molecule has 1 heterocycles. The van der Waals surface area contributed by atoms with Crippen molar-refractivity contribution in [1.29, 1.82) is 0 Å². The standard InChI is InChI=1S/C24H28N4O5/c1-15(2)12-19(22(30)26-28-21(29)14-25-24(28)32)20(23(31)27-33)13-17-10-6-7-11-18(17)16-8-4-3-5-9-16/h3-11,15,19-20,33H,12-14H2,1-2H3,(H,25,32)(H,26,30)(H,27,31)/t19-,20+/m1/s1. The number of hydroxylamine groups is 1. The first-order valence-corrected chi connectivity index (χ1v) is 10.8. The normalized spacial score (nSPS) is 15.2. The first-order valence-electron chi connectivity index (χ1n) is 10.8. The molecule has 4 N–H and O–H groups in total. The molecule has 0 saturated carbocycles. The number of nitrogens with one attached hydrogen (secondary N) is 3. The van der Waals surface area contributed by atoms with Crippen molar-refractivity contribution >= 4 is 23.8 Å². The number of amides is 5. The monoisotopic (exact) mass is 452 g/mol. The van der Waals surface area contributed by atoms with Gasteiger partial charge in [0.1, 0.15) is 6.54 Å². The Morgan fingerprint density at radius 3 is 2.27 bits per heavy atom. The summed E-state index contributed by atoms with van der Waals surface area (Å²) in [6, 6.07) is 16.5. The summed E-state index contributed by atoms with van der Waals surface area (Å²) < 4.78 is 0. The number of rotatable bonds is 9. The van der Waals surface area contributed by atoms with Crippen LogP contribution < -0.4 is 16.2 Å². The number of imide groups is 1. The summed E-state index contributed by atoms with van der Waals surface area (Å²) in [5.41, 5.74) is 6.73. The number of carbonyl (C=O) groups is 4. The van der Waals surface area contributed by atoms with Crippen molar-refractivity contribution in [2.24, 2.45) is 17.8 Å². The Labute approximate surface area is 192 Å². The number of hydrogen-bond donors (Lipinski definition) is 4. The van der Waals surface area contributed by atoms with Gasteiger partial charge >= 0.3 is 6.03 Å². The van der Waals surface area contributed by atoms with E-state index in [0.717, 1.165) is 16.7 Å². The Kier molecular flexibility index (Phi) is 7.78. The van der Waals surface area contributed by atoms with E-state index in [-0.39, 0.29) is 18.9 Å². The summed E-state index contributed by atoms with van der Waals surface area (Å²) in [5.74, 6) is -3.75. The minimum absolute atomic E-state index is 0.0298. The first-order chi connectivity index (χ1) is 15.8. The molecule has 1 fully saturated rings. The Balaban J connectivity index is 1.94. The van der Waals surface area contributed by atoms with Gasteiger partial charge < -0.3 is 5.32 Å². The predicted octanol–water partition coefficient (Wildman–Crippen LogP) is 2.26. The van der Waals surface area contributed by atoms with Gasteiger partial charge in [-0.3, -0.25) is 25.0 Å². The third kappa shape index (κ3) is 5.75. The minimum Gasteiger partial charge on any atom is -0.327 e. The van der Waals surface area contributed by atoms with Crippen LogP contribution in [0.1, 0.15) is 25.8 Å². The van der Waals surface area contributed by atoms with Gasteiger partial charge in [-0.25, -0.2) is 10.3 Å². The highest BCUT2D eigenvalue weighted by Gasteiger charge is 2.38. The lowest BCUT2D eigenvalue weighted by Gasteiger charge is -2.28. The summed E-state index contributed by atoms with van der Waals surface area (Å²) in [5, 5.41) is 12.4.